The molecule has 2 aromatic rings. The van der Waals surface area contributed by atoms with Gasteiger partial charge in [-0.05, 0) is 26.0 Å². The summed E-state index contributed by atoms with van der Waals surface area (Å²) in [6.07, 6.45) is 2.39. The summed E-state index contributed by atoms with van der Waals surface area (Å²) in [5, 5.41) is 1.08. The van der Waals surface area contributed by atoms with Crippen molar-refractivity contribution in [2.24, 2.45) is 5.73 Å². The molecule has 2 aromatic heterocycles. The van der Waals surface area contributed by atoms with E-state index in [4.69, 9.17) is 10.2 Å². The van der Waals surface area contributed by atoms with E-state index in [0.717, 1.165) is 22.9 Å². The molecule has 0 saturated heterocycles. The lowest BCUT2D eigenvalue weighted by Crippen LogP contribution is -2.12. The van der Waals surface area contributed by atoms with E-state index in [9.17, 15) is 0 Å². The van der Waals surface area contributed by atoms with E-state index in [1.165, 1.54) is 4.88 Å². The largest absolute Gasteiger partial charge is 0.468 e. The number of hydrogen-bond donors (Lipinski definition) is 1. The molecule has 0 spiro atoms. The Bertz CT molecular complexity index is 414. The predicted molar refractivity (Wildman–Crippen MR) is 60.9 cm³/mol. The van der Waals surface area contributed by atoms with Crippen LogP contribution in [0.15, 0.2) is 22.8 Å². The Morgan fingerprint density at radius 2 is 2.33 bits per heavy atom. The maximum absolute atomic E-state index is 6.00. The second kappa shape index (κ2) is 4.16. The van der Waals surface area contributed by atoms with Crippen molar-refractivity contribution in [3.63, 3.8) is 0 Å². The molecule has 80 valence electrons. The van der Waals surface area contributed by atoms with E-state index >= 15 is 0 Å². The topological polar surface area (TPSA) is 52.0 Å². The molecule has 1 unspecified atom stereocenters. The Kier molecular flexibility index (Phi) is 2.88. The summed E-state index contributed by atoms with van der Waals surface area (Å²) in [5.41, 5.74) is 7.10. The lowest BCUT2D eigenvalue weighted by atomic mass is 10.2. The van der Waals surface area contributed by atoms with Crippen LogP contribution in [0.3, 0.4) is 0 Å². The van der Waals surface area contributed by atoms with Gasteiger partial charge in [-0.25, -0.2) is 4.98 Å². The fraction of sp³-hybridized carbons (Fsp3) is 0.364. The maximum Gasteiger partial charge on any atom is 0.120 e. The second-order valence-corrected chi connectivity index (χ2v) is 4.86. The van der Waals surface area contributed by atoms with Crippen molar-refractivity contribution in [2.45, 2.75) is 26.3 Å². The highest BCUT2D eigenvalue weighted by atomic mass is 32.1. The summed E-state index contributed by atoms with van der Waals surface area (Å²) in [4.78, 5) is 5.72. The minimum absolute atomic E-state index is 0.0926. The van der Waals surface area contributed by atoms with Gasteiger partial charge in [-0.3, -0.25) is 0 Å². The molecule has 0 bridgehead atoms. The molecule has 4 heteroatoms. The SMILES string of the molecule is Cc1nc(CC(N)c2ccco2)sc1C. The monoisotopic (exact) mass is 222 g/mol. The fourth-order valence-electron chi connectivity index (χ4n) is 1.42. The third-order valence-corrected chi connectivity index (χ3v) is 3.47. The van der Waals surface area contributed by atoms with E-state index < -0.39 is 0 Å². The van der Waals surface area contributed by atoms with Gasteiger partial charge in [0, 0.05) is 11.3 Å². The van der Waals surface area contributed by atoms with Crippen molar-refractivity contribution in [1.82, 2.24) is 4.98 Å². The summed E-state index contributed by atoms with van der Waals surface area (Å²) in [5.74, 6) is 0.820. The minimum atomic E-state index is -0.0926. The van der Waals surface area contributed by atoms with E-state index in [1.807, 2.05) is 19.1 Å². The molecule has 1 atom stereocenters. The molecular formula is C11H14N2OS. The molecular weight excluding hydrogens is 208 g/mol. The van der Waals surface area contributed by atoms with Gasteiger partial charge in [0.2, 0.25) is 0 Å². The van der Waals surface area contributed by atoms with Crippen LogP contribution in [0.2, 0.25) is 0 Å². The van der Waals surface area contributed by atoms with Crippen molar-refractivity contribution in [3.05, 3.63) is 39.7 Å². The van der Waals surface area contributed by atoms with Gasteiger partial charge in [-0.2, -0.15) is 0 Å². The van der Waals surface area contributed by atoms with E-state index in [0.29, 0.717) is 0 Å². The molecule has 0 saturated carbocycles. The third kappa shape index (κ3) is 2.27. The zero-order chi connectivity index (χ0) is 10.8. The predicted octanol–water partition coefficient (Wildman–Crippen LogP) is 2.60. The number of furan rings is 1. The number of rotatable bonds is 3. The molecule has 0 fully saturated rings. The van der Waals surface area contributed by atoms with Gasteiger partial charge >= 0.3 is 0 Å². The average Bonchev–Trinajstić information content (AvgIpc) is 2.77. The summed E-state index contributed by atoms with van der Waals surface area (Å²) in [7, 11) is 0. The molecule has 0 aliphatic rings. The summed E-state index contributed by atoms with van der Waals surface area (Å²) < 4.78 is 5.26. The van der Waals surface area contributed by atoms with Crippen LogP contribution in [0, 0.1) is 13.8 Å². The molecule has 0 aliphatic heterocycles. The first-order valence-corrected chi connectivity index (χ1v) is 5.70. The molecule has 0 amide bonds. The first kappa shape index (κ1) is 10.4. The Morgan fingerprint density at radius 3 is 2.87 bits per heavy atom. The summed E-state index contributed by atoms with van der Waals surface area (Å²) in [6, 6.07) is 3.66. The zero-order valence-electron chi connectivity index (χ0n) is 8.86. The number of hydrogen-bond acceptors (Lipinski definition) is 4. The Balaban J connectivity index is 2.09. The first-order valence-electron chi connectivity index (χ1n) is 4.88. The summed E-state index contributed by atoms with van der Waals surface area (Å²) >= 11 is 1.71. The standard InChI is InChI=1S/C11H14N2OS/c1-7-8(2)15-11(13-7)6-9(12)10-4-3-5-14-10/h3-5,9H,6,12H2,1-2H3. The number of nitrogens with two attached hydrogens (primary N) is 1. The van der Waals surface area contributed by atoms with Gasteiger partial charge in [0.1, 0.15) is 5.76 Å². The van der Waals surface area contributed by atoms with Gasteiger partial charge in [0.05, 0.1) is 23.0 Å². The zero-order valence-corrected chi connectivity index (χ0v) is 9.67. The molecule has 0 aromatic carbocycles. The molecule has 3 nitrogen and oxygen atoms in total. The number of aromatic nitrogens is 1. The van der Waals surface area contributed by atoms with Gasteiger partial charge in [-0.15, -0.1) is 11.3 Å². The highest BCUT2D eigenvalue weighted by Crippen LogP contribution is 2.22. The highest BCUT2D eigenvalue weighted by Gasteiger charge is 2.12. The average molecular weight is 222 g/mol. The molecule has 0 aliphatic carbocycles. The molecule has 2 rings (SSSR count). The van der Waals surface area contributed by atoms with Crippen molar-refractivity contribution in [2.75, 3.05) is 0 Å². The van der Waals surface area contributed by atoms with Gasteiger partial charge in [0.25, 0.3) is 0 Å². The first-order chi connectivity index (χ1) is 7.16. The number of thiazole rings is 1. The molecule has 15 heavy (non-hydrogen) atoms. The smallest absolute Gasteiger partial charge is 0.120 e. The van der Waals surface area contributed by atoms with Crippen molar-refractivity contribution in [1.29, 1.82) is 0 Å². The third-order valence-electron chi connectivity index (χ3n) is 2.38. The molecule has 0 radical (unpaired) electrons. The van der Waals surface area contributed by atoms with Crippen LogP contribution in [0.25, 0.3) is 0 Å². The lowest BCUT2D eigenvalue weighted by Gasteiger charge is -2.05. The maximum atomic E-state index is 6.00. The van der Waals surface area contributed by atoms with Gasteiger partial charge in [-0.1, -0.05) is 0 Å². The van der Waals surface area contributed by atoms with Gasteiger partial charge in [0.15, 0.2) is 0 Å². The van der Waals surface area contributed by atoms with E-state index in [-0.39, 0.29) is 6.04 Å². The normalized spacial score (nSPS) is 13.0. The van der Waals surface area contributed by atoms with Crippen LogP contribution in [0.4, 0.5) is 0 Å². The number of aryl methyl sites for hydroxylation is 2. The molecule has 2 N–H and O–H groups in total. The van der Waals surface area contributed by atoms with Crippen LogP contribution in [0.5, 0.6) is 0 Å². The highest BCUT2D eigenvalue weighted by molar-refractivity contribution is 7.11. The van der Waals surface area contributed by atoms with Crippen LogP contribution >= 0.6 is 11.3 Å². The Hall–Kier alpha value is -1.13. The van der Waals surface area contributed by atoms with Crippen LogP contribution < -0.4 is 5.73 Å². The van der Waals surface area contributed by atoms with Crippen molar-refractivity contribution >= 4 is 11.3 Å². The Labute approximate surface area is 92.9 Å². The van der Waals surface area contributed by atoms with Crippen LogP contribution in [0.1, 0.15) is 27.4 Å². The quantitative estimate of drug-likeness (QED) is 0.868. The van der Waals surface area contributed by atoms with Gasteiger partial charge < -0.3 is 10.2 Å². The second-order valence-electron chi connectivity index (χ2n) is 3.58. The lowest BCUT2D eigenvalue weighted by molar-refractivity contribution is 0.464. The van der Waals surface area contributed by atoms with E-state index in [2.05, 4.69) is 11.9 Å². The van der Waals surface area contributed by atoms with Crippen molar-refractivity contribution in [3.8, 4) is 0 Å². The van der Waals surface area contributed by atoms with E-state index in [1.54, 1.807) is 17.6 Å². The van der Waals surface area contributed by atoms with Crippen LogP contribution in [-0.2, 0) is 6.42 Å². The van der Waals surface area contributed by atoms with Crippen LogP contribution in [-0.4, -0.2) is 4.98 Å². The Morgan fingerprint density at radius 1 is 1.53 bits per heavy atom. The van der Waals surface area contributed by atoms with Crippen molar-refractivity contribution < 1.29 is 4.42 Å². The molecule has 2 heterocycles. The number of nitrogens with zero attached hydrogens (tertiary/aromatic N) is 1. The summed E-state index contributed by atoms with van der Waals surface area (Å²) in [6.45, 7) is 4.10. The minimum Gasteiger partial charge on any atom is -0.468 e. The fourth-order valence-corrected chi connectivity index (χ4v) is 2.41.